The zero-order valence-electron chi connectivity index (χ0n) is 16.8. The van der Waals surface area contributed by atoms with Gasteiger partial charge in [-0.15, -0.1) is 0 Å². The predicted molar refractivity (Wildman–Crippen MR) is 114 cm³/mol. The molecule has 1 fully saturated rings. The number of rotatable bonds is 2. The topological polar surface area (TPSA) is 42.3 Å². The van der Waals surface area contributed by atoms with Gasteiger partial charge < -0.3 is 9.47 Å². The van der Waals surface area contributed by atoms with E-state index in [1.807, 2.05) is 46.7 Å². The summed E-state index contributed by atoms with van der Waals surface area (Å²) in [7, 11) is 0. The fourth-order valence-corrected chi connectivity index (χ4v) is 4.97. The molecule has 1 amide bonds. The van der Waals surface area contributed by atoms with Crippen LogP contribution in [-0.4, -0.2) is 28.5 Å². The highest BCUT2D eigenvalue weighted by atomic mass is 19.1. The Morgan fingerprint density at radius 2 is 1.70 bits per heavy atom. The number of pyridine rings is 1. The third-order valence-corrected chi connectivity index (χ3v) is 6.42. The minimum Gasteiger partial charge on any atom is -0.338 e. The Hall–Kier alpha value is -3.21. The van der Waals surface area contributed by atoms with Gasteiger partial charge in [-0.25, -0.2) is 4.39 Å². The normalized spacial score (nSPS) is 20.0. The molecule has 0 saturated carbocycles. The number of carbonyl (C=O) groups is 1. The standard InChI is InChI=1S/C25H23FN2O2/c1-16-4-2-3-5-21(16)22-10-11-23-19-12-17(14-28(23)25(22)30)13-27(15-19)24(29)18-6-8-20(26)9-7-18/h2-11,17,19H,12-15H2,1H3/t17-,19-/m1/s1. The molecule has 3 aromatic rings. The van der Waals surface area contributed by atoms with Crippen LogP contribution in [0.3, 0.4) is 0 Å². The second-order valence-corrected chi connectivity index (χ2v) is 8.42. The van der Waals surface area contributed by atoms with Crippen molar-refractivity contribution in [3.63, 3.8) is 0 Å². The fraction of sp³-hybridized carbons (Fsp3) is 0.280. The van der Waals surface area contributed by atoms with Gasteiger partial charge in [-0.2, -0.15) is 0 Å². The van der Waals surface area contributed by atoms with Crippen molar-refractivity contribution >= 4 is 5.91 Å². The molecule has 152 valence electrons. The molecule has 2 aromatic carbocycles. The SMILES string of the molecule is Cc1ccccc1-c1ccc2n(c1=O)C[C@@H]1C[C@@H]2CN(C(=O)c2ccc(F)cc2)C1. The van der Waals surface area contributed by atoms with Gasteiger partial charge in [0.1, 0.15) is 5.82 Å². The van der Waals surface area contributed by atoms with E-state index < -0.39 is 0 Å². The fourth-order valence-electron chi connectivity index (χ4n) is 4.97. The van der Waals surface area contributed by atoms with E-state index in [-0.39, 0.29) is 29.1 Å². The smallest absolute Gasteiger partial charge is 0.258 e. The molecule has 2 aliphatic heterocycles. The van der Waals surface area contributed by atoms with Gasteiger partial charge in [-0.1, -0.05) is 24.3 Å². The van der Waals surface area contributed by atoms with Gasteiger partial charge in [0.2, 0.25) is 0 Å². The Bertz CT molecular complexity index is 1180. The number of amides is 1. The molecular formula is C25H23FN2O2. The Balaban J connectivity index is 1.47. The maximum absolute atomic E-state index is 13.3. The number of aromatic nitrogens is 1. The van der Waals surface area contributed by atoms with Crippen molar-refractivity contribution in [2.75, 3.05) is 13.1 Å². The number of benzene rings is 2. The van der Waals surface area contributed by atoms with E-state index in [2.05, 4.69) is 6.07 Å². The number of fused-ring (bicyclic) bond motifs is 4. The summed E-state index contributed by atoms with van der Waals surface area (Å²) in [5, 5.41) is 0. The van der Waals surface area contributed by atoms with Crippen LogP contribution in [0.5, 0.6) is 0 Å². The van der Waals surface area contributed by atoms with Crippen LogP contribution in [0.2, 0.25) is 0 Å². The quantitative estimate of drug-likeness (QED) is 0.644. The molecule has 1 aromatic heterocycles. The summed E-state index contributed by atoms with van der Waals surface area (Å²) >= 11 is 0. The highest BCUT2D eigenvalue weighted by Crippen LogP contribution is 2.36. The van der Waals surface area contributed by atoms with Crippen LogP contribution < -0.4 is 5.56 Å². The number of hydrogen-bond acceptors (Lipinski definition) is 2. The first-order valence-corrected chi connectivity index (χ1v) is 10.4. The molecule has 0 aliphatic carbocycles. The number of likely N-dealkylation sites (tertiary alicyclic amines) is 1. The summed E-state index contributed by atoms with van der Waals surface area (Å²) in [6, 6.07) is 17.6. The van der Waals surface area contributed by atoms with Gasteiger partial charge in [0.15, 0.2) is 0 Å². The second kappa shape index (κ2) is 7.24. The van der Waals surface area contributed by atoms with E-state index in [1.54, 1.807) is 0 Å². The van der Waals surface area contributed by atoms with Gasteiger partial charge in [-0.05, 0) is 66.8 Å². The molecule has 0 radical (unpaired) electrons. The first-order valence-electron chi connectivity index (χ1n) is 10.4. The monoisotopic (exact) mass is 402 g/mol. The average Bonchev–Trinajstić information content (AvgIpc) is 2.75. The van der Waals surface area contributed by atoms with E-state index >= 15 is 0 Å². The van der Waals surface area contributed by atoms with E-state index in [0.29, 0.717) is 25.2 Å². The highest BCUT2D eigenvalue weighted by Gasteiger charge is 2.37. The maximum atomic E-state index is 13.3. The Morgan fingerprint density at radius 3 is 2.47 bits per heavy atom. The molecule has 2 atom stereocenters. The van der Waals surface area contributed by atoms with Gasteiger partial charge in [0.25, 0.3) is 11.5 Å². The first kappa shape index (κ1) is 18.8. The third-order valence-electron chi connectivity index (χ3n) is 6.42. The van der Waals surface area contributed by atoms with E-state index in [4.69, 9.17) is 0 Å². The lowest BCUT2D eigenvalue weighted by atomic mass is 9.82. The van der Waals surface area contributed by atoms with Crippen molar-refractivity contribution in [1.82, 2.24) is 9.47 Å². The molecule has 5 rings (SSSR count). The summed E-state index contributed by atoms with van der Waals surface area (Å²) in [4.78, 5) is 28.1. The number of piperidine rings is 1. The molecule has 1 saturated heterocycles. The van der Waals surface area contributed by atoms with Crippen LogP contribution in [0.15, 0.2) is 65.5 Å². The molecule has 2 bridgehead atoms. The van der Waals surface area contributed by atoms with Crippen molar-refractivity contribution in [2.45, 2.75) is 25.8 Å². The molecule has 0 unspecified atom stereocenters. The van der Waals surface area contributed by atoms with E-state index in [9.17, 15) is 14.0 Å². The number of nitrogens with zero attached hydrogens (tertiary/aromatic N) is 2. The van der Waals surface area contributed by atoms with E-state index in [0.717, 1.165) is 28.8 Å². The van der Waals surface area contributed by atoms with Crippen molar-refractivity contribution in [3.05, 3.63) is 93.7 Å². The van der Waals surface area contributed by atoms with Crippen LogP contribution in [0.25, 0.3) is 11.1 Å². The number of halogens is 1. The minimum atomic E-state index is -0.347. The second-order valence-electron chi connectivity index (χ2n) is 8.42. The van der Waals surface area contributed by atoms with Crippen molar-refractivity contribution < 1.29 is 9.18 Å². The van der Waals surface area contributed by atoms with Crippen LogP contribution >= 0.6 is 0 Å². The lowest BCUT2D eigenvalue weighted by Crippen LogP contribution is -2.49. The van der Waals surface area contributed by atoms with Crippen molar-refractivity contribution in [1.29, 1.82) is 0 Å². The average molecular weight is 402 g/mol. The van der Waals surface area contributed by atoms with Crippen molar-refractivity contribution in [2.24, 2.45) is 5.92 Å². The summed E-state index contributed by atoms with van der Waals surface area (Å²) in [5.74, 6) is -0.0390. The summed E-state index contributed by atoms with van der Waals surface area (Å²) in [6.45, 7) is 3.84. The van der Waals surface area contributed by atoms with Crippen LogP contribution in [0.4, 0.5) is 4.39 Å². The molecule has 0 N–H and O–H groups in total. The number of hydrogen-bond donors (Lipinski definition) is 0. The molecular weight excluding hydrogens is 379 g/mol. The predicted octanol–water partition coefficient (Wildman–Crippen LogP) is 4.22. The summed E-state index contributed by atoms with van der Waals surface area (Å²) in [5.41, 5.74) is 4.35. The minimum absolute atomic E-state index is 0.0508. The molecule has 3 heterocycles. The van der Waals surface area contributed by atoms with Gasteiger partial charge >= 0.3 is 0 Å². The van der Waals surface area contributed by atoms with Gasteiger partial charge in [0.05, 0.1) is 0 Å². The molecule has 5 heteroatoms. The number of aryl methyl sites for hydroxylation is 1. The Kier molecular flexibility index (Phi) is 4.54. The van der Waals surface area contributed by atoms with Crippen LogP contribution in [-0.2, 0) is 6.54 Å². The highest BCUT2D eigenvalue weighted by molar-refractivity contribution is 5.94. The largest absolute Gasteiger partial charge is 0.338 e. The zero-order valence-corrected chi connectivity index (χ0v) is 16.8. The zero-order chi connectivity index (χ0) is 20.8. The number of carbonyl (C=O) groups excluding carboxylic acids is 1. The summed E-state index contributed by atoms with van der Waals surface area (Å²) in [6.07, 6.45) is 0.982. The van der Waals surface area contributed by atoms with E-state index in [1.165, 1.54) is 24.3 Å². The van der Waals surface area contributed by atoms with Gasteiger partial charge in [0, 0.05) is 42.4 Å². The molecule has 2 aliphatic rings. The summed E-state index contributed by atoms with van der Waals surface area (Å²) < 4.78 is 15.1. The van der Waals surface area contributed by atoms with Crippen molar-refractivity contribution in [3.8, 4) is 11.1 Å². The third kappa shape index (κ3) is 3.15. The lowest BCUT2D eigenvalue weighted by Gasteiger charge is -2.43. The first-order chi connectivity index (χ1) is 14.5. The van der Waals surface area contributed by atoms with Gasteiger partial charge in [-0.3, -0.25) is 9.59 Å². The Morgan fingerprint density at radius 1 is 0.933 bits per heavy atom. The van der Waals surface area contributed by atoms with Crippen LogP contribution in [0, 0.1) is 18.7 Å². The molecule has 4 nitrogen and oxygen atoms in total. The lowest BCUT2D eigenvalue weighted by molar-refractivity contribution is 0.0594. The Labute approximate surface area is 174 Å². The molecule has 30 heavy (non-hydrogen) atoms. The maximum Gasteiger partial charge on any atom is 0.258 e. The van der Waals surface area contributed by atoms with Crippen LogP contribution in [0.1, 0.15) is 34.0 Å². The molecule has 0 spiro atoms.